The van der Waals surface area contributed by atoms with Gasteiger partial charge in [0, 0.05) is 0 Å². The topological polar surface area (TPSA) is 38.8 Å². The van der Waals surface area contributed by atoms with Gasteiger partial charge in [-0.2, -0.15) is 0 Å². The van der Waals surface area contributed by atoms with Crippen molar-refractivity contribution >= 4 is 5.97 Å². The first-order valence-electron chi connectivity index (χ1n) is 8.22. The van der Waals surface area contributed by atoms with Crippen molar-refractivity contribution in [2.45, 2.75) is 57.5 Å². The molecule has 1 aromatic rings. The zero-order chi connectivity index (χ0) is 15.8. The lowest BCUT2D eigenvalue weighted by molar-refractivity contribution is -0.149. The summed E-state index contributed by atoms with van der Waals surface area (Å²) >= 11 is 0. The summed E-state index contributed by atoms with van der Waals surface area (Å²) in [7, 11) is 0. The van der Waals surface area contributed by atoms with Crippen molar-refractivity contribution in [1.29, 1.82) is 0 Å². The van der Waals surface area contributed by atoms with E-state index in [1.807, 2.05) is 13.0 Å². The van der Waals surface area contributed by atoms with Crippen LogP contribution in [0.1, 0.15) is 51.0 Å². The van der Waals surface area contributed by atoms with E-state index in [-0.39, 0.29) is 11.8 Å². The van der Waals surface area contributed by atoms with Gasteiger partial charge in [0.05, 0.1) is 13.2 Å². The smallest absolute Gasteiger partial charge is 0.340 e. The van der Waals surface area contributed by atoms with E-state index in [0.29, 0.717) is 13.2 Å². The number of rotatable bonds is 10. The molecular formula is C18H25FO3. The predicted molar refractivity (Wildman–Crippen MR) is 83.1 cm³/mol. The molecule has 1 heterocycles. The lowest BCUT2D eigenvalue weighted by Crippen LogP contribution is -2.27. The standard InChI is InChI=1S/C18H25FO3/c1-2-21-17(20)18(14-22-18)12-7-5-3-4-6-9-15-10-8-11-16(19)13-15/h8,10-11,13H,2-7,9,12,14H2,1H3. The minimum atomic E-state index is -0.627. The molecule has 22 heavy (non-hydrogen) atoms. The quantitative estimate of drug-likeness (QED) is 0.372. The lowest BCUT2D eigenvalue weighted by Gasteiger charge is -2.10. The Hall–Kier alpha value is -1.42. The van der Waals surface area contributed by atoms with Crippen molar-refractivity contribution in [2.24, 2.45) is 0 Å². The van der Waals surface area contributed by atoms with E-state index in [1.54, 1.807) is 12.1 Å². The molecule has 1 aliphatic heterocycles. The van der Waals surface area contributed by atoms with Crippen molar-refractivity contribution in [1.82, 2.24) is 0 Å². The number of carbonyl (C=O) groups is 1. The molecule has 122 valence electrons. The molecule has 0 bridgehead atoms. The number of epoxide rings is 1. The van der Waals surface area contributed by atoms with E-state index in [1.165, 1.54) is 6.07 Å². The molecular weight excluding hydrogens is 283 g/mol. The molecule has 1 saturated heterocycles. The maximum absolute atomic E-state index is 13.0. The molecule has 3 nitrogen and oxygen atoms in total. The third-order valence-corrected chi connectivity index (χ3v) is 4.08. The van der Waals surface area contributed by atoms with Gasteiger partial charge in [-0.1, -0.05) is 31.4 Å². The number of halogens is 1. The number of hydrogen-bond donors (Lipinski definition) is 0. The second-order valence-electron chi connectivity index (χ2n) is 5.90. The zero-order valence-corrected chi connectivity index (χ0v) is 13.3. The fraction of sp³-hybridized carbons (Fsp3) is 0.611. The van der Waals surface area contributed by atoms with Crippen LogP contribution >= 0.6 is 0 Å². The highest BCUT2D eigenvalue weighted by molar-refractivity contribution is 5.82. The average Bonchev–Trinajstić information content (AvgIpc) is 3.28. The predicted octanol–water partition coefficient (Wildman–Crippen LogP) is 4.04. The van der Waals surface area contributed by atoms with Crippen LogP contribution in [0.15, 0.2) is 24.3 Å². The Morgan fingerprint density at radius 3 is 2.68 bits per heavy atom. The van der Waals surface area contributed by atoms with E-state index >= 15 is 0 Å². The molecule has 2 rings (SSSR count). The molecule has 0 radical (unpaired) electrons. The molecule has 1 aromatic carbocycles. The van der Waals surface area contributed by atoms with Gasteiger partial charge in [0.15, 0.2) is 5.60 Å². The summed E-state index contributed by atoms with van der Waals surface area (Å²) < 4.78 is 23.4. The summed E-state index contributed by atoms with van der Waals surface area (Å²) in [5, 5.41) is 0. The van der Waals surface area contributed by atoms with Gasteiger partial charge in [0.25, 0.3) is 0 Å². The minimum absolute atomic E-state index is 0.161. The number of aryl methyl sites for hydroxylation is 1. The summed E-state index contributed by atoms with van der Waals surface area (Å²) in [5.74, 6) is -0.368. The van der Waals surface area contributed by atoms with Crippen molar-refractivity contribution in [2.75, 3.05) is 13.2 Å². The summed E-state index contributed by atoms with van der Waals surface area (Å²) in [6, 6.07) is 6.81. The van der Waals surface area contributed by atoms with Crippen LogP contribution in [-0.4, -0.2) is 24.8 Å². The molecule has 1 atom stereocenters. The Morgan fingerprint density at radius 1 is 1.27 bits per heavy atom. The van der Waals surface area contributed by atoms with Gasteiger partial charge in [-0.05, 0) is 50.3 Å². The van der Waals surface area contributed by atoms with Crippen LogP contribution in [0, 0.1) is 5.82 Å². The van der Waals surface area contributed by atoms with Gasteiger partial charge in [-0.3, -0.25) is 0 Å². The van der Waals surface area contributed by atoms with Gasteiger partial charge < -0.3 is 9.47 Å². The molecule has 1 unspecified atom stereocenters. The van der Waals surface area contributed by atoms with E-state index in [9.17, 15) is 9.18 Å². The highest BCUT2D eigenvalue weighted by Gasteiger charge is 2.52. The molecule has 1 fully saturated rings. The van der Waals surface area contributed by atoms with Crippen LogP contribution in [0.25, 0.3) is 0 Å². The number of esters is 1. The molecule has 1 aliphatic rings. The Kier molecular flexibility index (Phi) is 6.37. The number of hydrogen-bond acceptors (Lipinski definition) is 3. The fourth-order valence-corrected chi connectivity index (χ4v) is 2.68. The van der Waals surface area contributed by atoms with Crippen molar-refractivity contribution in [3.05, 3.63) is 35.6 Å². The van der Waals surface area contributed by atoms with Crippen molar-refractivity contribution in [3.8, 4) is 0 Å². The molecule has 4 heteroatoms. The van der Waals surface area contributed by atoms with E-state index in [0.717, 1.165) is 50.5 Å². The van der Waals surface area contributed by atoms with Crippen molar-refractivity contribution < 1.29 is 18.7 Å². The summed E-state index contributed by atoms with van der Waals surface area (Å²) in [4.78, 5) is 11.7. The Morgan fingerprint density at radius 2 is 2.00 bits per heavy atom. The third-order valence-electron chi connectivity index (χ3n) is 4.08. The van der Waals surface area contributed by atoms with Crippen LogP contribution in [0.4, 0.5) is 4.39 Å². The molecule has 0 saturated carbocycles. The van der Waals surface area contributed by atoms with E-state index < -0.39 is 5.60 Å². The molecule has 0 aliphatic carbocycles. The lowest BCUT2D eigenvalue weighted by atomic mass is 10.00. The van der Waals surface area contributed by atoms with Crippen LogP contribution in [0.2, 0.25) is 0 Å². The molecule has 0 aromatic heterocycles. The second-order valence-corrected chi connectivity index (χ2v) is 5.90. The van der Waals surface area contributed by atoms with E-state index in [2.05, 4.69) is 0 Å². The van der Waals surface area contributed by atoms with Crippen LogP contribution in [0.3, 0.4) is 0 Å². The van der Waals surface area contributed by atoms with E-state index in [4.69, 9.17) is 9.47 Å². The molecule has 0 N–H and O–H groups in total. The molecule has 0 spiro atoms. The first kappa shape index (κ1) is 16.9. The maximum atomic E-state index is 13.0. The number of carbonyl (C=O) groups excluding carboxylic acids is 1. The van der Waals surface area contributed by atoms with Crippen LogP contribution < -0.4 is 0 Å². The van der Waals surface area contributed by atoms with Crippen LogP contribution in [0.5, 0.6) is 0 Å². The fourth-order valence-electron chi connectivity index (χ4n) is 2.68. The summed E-state index contributed by atoms with van der Waals surface area (Å²) in [5.41, 5.74) is 0.435. The summed E-state index contributed by atoms with van der Waals surface area (Å²) in [6.07, 6.45) is 7.09. The SMILES string of the molecule is CCOC(=O)C1(CCCCCCCc2cccc(F)c2)CO1. The molecule has 0 amide bonds. The third kappa shape index (κ3) is 5.09. The maximum Gasteiger partial charge on any atom is 0.340 e. The van der Waals surface area contributed by atoms with Crippen LogP contribution in [-0.2, 0) is 20.7 Å². The van der Waals surface area contributed by atoms with Gasteiger partial charge >= 0.3 is 5.97 Å². The Balaban J connectivity index is 1.52. The van der Waals surface area contributed by atoms with Gasteiger partial charge in [-0.25, -0.2) is 9.18 Å². The number of unbranched alkanes of at least 4 members (excludes halogenated alkanes) is 4. The van der Waals surface area contributed by atoms with Gasteiger partial charge in [0.1, 0.15) is 5.82 Å². The highest BCUT2D eigenvalue weighted by atomic mass is 19.1. The Labute approximate surface area is 131 Å². The first-order valence-corrected chi connectivity index (χ1v) is 8.22. The Bertz CT molecular complexity index is 483. The van der Waals surface area contributed by atoms with Gasteiger partial charge in [-0.15, -0.1) is 0 Å². The monoisotopic (exact) mass is 308 g/mol. The number of benzene rings is 1. The minimum Gasteiger partial charge on any atom is -0.464 e. The normalized spacial score (nSPS) is 19.9. The number of ether oxygens (including phenoxy) is 2. The summed E-state index contributed by atoms with van der Waals surface area (Å²) in [6.45, 7) is 2.72. The highest BCUT2D eigenvalue weighted by Crippen LogP contribution is 2.34. The second kappa shape index (κ2) is 8.28. The zero-order valence-electron chi connectivity index (χ0n) is 13.3. The first-order chi connectivity index (χ1) is 10.7. The van der Waals surface area contributed by atoms with Gasteiger partial charge in [0.2, 0.25) is 0 Å². The van der Waals surface area contributed by atoms with Crippen molar-refractivity contribution in [3.63, 3.8) is 0 Å². The largest absolute Gasteiger partial charge is 0.464 e. The average molecular weight is 308 g/mol.